The number of nitrogens with one attached hydrogen (secondary N) is 7. The van der Waals surface area contributed by atoms with Crippen LogP contribution in [0.5, 0.6) is 0 Å². The van der Waals surface area contributed by atoms with E-state index in [1.165, 1.54) is 0 Å². The van der Waals surface area contributed by atoms with Gasteiger partial charge in [0.05, 0.1) is 25.0 Å². The molecule has 8 rings (SSSR count). The van der Waals surface area contributed by atoms with Gasteiger partial charge < -0.3 is 89.4 Å². The van der Waals surface area contributed by atoms with E-state index in [4.69, 9.17) is 17.2 Å². The Bertz CT molecular complexity index is 4110. The van der Waals surface area contributed by atoms with Crippen LogP contribution in [0.3, 0.4) is 0 Å². The SMILES string of the molecule is CC1(C)C(/C=C/C=C/C=C/C=C2/N(CCC(=O)NC3CSSCC(C(=O)NC(CCCCN)C(=O)O)NC(=O)C4CCCN4C(=O)C(CO)NC(=O)C(CC(=O)O)NC(=O)C(CCCN=C(N)N)NC(=O)CNC3=O)c3ccc4ccccc4c3C2(C)C)=[N+](CCC(=O)[O-])c2ccc3ccccc3c21. The maximum absolute atomic E-state index is 14.6. The van der Waals surface area contributed by atoms with Crippen molar-refractivity contribution in [1.82, 2.24) is 42.1 Å². The average Bonchev–Trinajstić information content (AvgIpc) is 1.58. The fourth-order valence-electron chi connectivity index (χ4n) is 13.5. The molecule has 0 aliphatic carbocycles. The van der Waals surface area contributed by atoms with E-state index in [1.807, 2.05) is 113 Å². The molecule has 7 unspecified atom stereocenters. The van der Waals surface area contributed by atoms with Crippen LogP contribution < -0.4 is 64.4 Å². The Labute approximate surface area is 609 Å². The third kappa shape index (κ3) is 20.2. The van der Waals surface area contributed by atoms with Crippen molar-refractivity contribution in [3.8, 4) is 0 Å². The highest BCUT2D eigenvalue weighted by Crippen LogP contribution is 2.51. The number of benzene rings is 4. The Morgan fingerprint density at radius 3 is 2.11 bits per heavy atom. The van der Waals surface area contributed by atoms with Crippen molar-refractivity contribution in [2.24, 2.45) is 22.2 Å². The number of hydrogen-bond acceptors (Lipinski definition) is 18. The van der Waals surface area contributed by atoms with Crippen molar-refractivity contribution >= 4 is 131 Å². The Balaban J connectivity index is 1.07. The summed E-state index contributed by atoms with van der Waals surface area (Å²) >= 11 is 0. The molecule has 8 amide bonds. The molecule has 0 spiro atoms. The zero-order valence-corrected chi connectivity index (χ0v) is 60.2. The molecule has 4 aliphatic heterocycles. The first-order valence-electron chi connectivity index (χ1n) is 34.5. The van der Waals surface area contributed by atoms with Gasteiger partial charge in [0.1, 0.15) is 42.3 Å². The van der Waals surface area contributed by atoms with Crippen LogP contribution >= 0.6 is 21.6 Å². The first-order chi connectivity index (χ1) is 49.7. The van der Waals surface area contributed by atoms with Gasteiger partial charge in [-0.05, 0) is 111 Å². The number of rotatable bonds is 25. The zero-order chi connectivity index (χ0) is 75.4. The summed E-state index contributed by atoms with van der Waals surface area (Å²) in [5.74, 6) is -12.3. The number of nitrogens with zero attached hydrogens (tertiary/aromatic N) is 4. The lowest BCUT2D eigenvalue weighted by molar-refractivity contribution is -0.439. The van der Waals surface area contributed by atoms with Crippen LogP contribution in [0, 0.1) is 0 Å². The molecule has 2 saturated heterocycles. The molecular formula is C73H92N14O15S2. The largest absolute Gasteiger partial charge is 0.550 e. The number of unbranched alkanes of at least 4 members (excludes halogenated alkanes) is 1. The minimum Gasteiger partial charge on any atom is -0.550 e. The molecule has 0 bridgehead atoms. The Hall–Kier alpha value is -10.1. The van der Waals surface area contributed by atoms with Gasteiger partial charge in [-0.25, -0.2) is 4.79 Å². The number of carbonyl (C=O) groups excluding carboxylic acids is 9. The van der Waals surface area contributed by atoms with Crippen molar-refractivity contribution in [3.05, 3.63) is 132 Å². The van der Waals surface area contributed by atoms with Gasteiger partial charge in [0.25, 0.3) is 0 Å². The molecule has 16 N–H and O–H groups in total. The van der Waals surface area contributed by atoms with E-state index >= 15 is 0 Å². The Kier molecular flexibility index (Phi) is 28.2. The van der Waals surface area contributed by atoms with Crippen molar-refractivity contribution < 1.29 is 77.7 Å². The average molecular weight is 1470 g/mol. The number of carboxylic acid groups (broad SMARTS) is 3. The quantitative estimate of drug-likeness (QED) is 0.0111. The number of aliphatic carboxylic acids is 3. The molecule has 2 fully saturated rings. The van der Waals surface area contributed by atoms with Crippen LogP contribution in [0.1, 0.15) is 103 Å². The van der Waals surface area contributed by atoms with Crippen LogP contribution in [-0.4, -0.2) is 201 Å². The summed E-state index contributed by atoms with van der Waals surface area (Å²) in [6, 6.07) is 13.3. The van der Waals surface area contributed by atoms with E-state index in [9.17, 15) is 73.2 Å². The summed E-state index contributed by atoms with van der Waals surface area (Å²) in [6.45, 7) is 7.07. The van der Waals surface area contributed by atoms with Gasteiger partial charge in [-0.1, -0.05) is 120 Å². The molecule has 4 aliphatic rings. The molecule has 7 atom stereocenters. The number of allylic oxidation sites excluding steroid dienone is 8. The van der Waals surface area contributed by atoms with Crippen molar-refractivity contribution in [1.29, 1.82) is 0 Å². The predicted molar refractivity (Wildman–Crippen MR) is 395 cm³/mol. The third-order valence-corrected chi connectivity index (χ3v) is 21.1. The number of carboxylic acids is 3. The number of aliphatic imine (C=N–C) groups is 1. The minimum absolute atomic E-state index is 0.0114. The summed E-state index contributed by atoms with van der Waals surface area (Å²) < 4.78 is 2.04. The van der Waals surface area contributed by atoms with Crippen molar-refractivity contribution in [3.63, 3.8) is 0 Å². The topological polar surface area (TPSA) is 456 Å². The van der Waals surface area contributed by atoms with Crippen LogP contribution in [0.4, 0.5) is 11.4 Å². The number of nitrogens with two attached hydrogens (primary N) is 3. The number of aliphatic hydroxyl groups is 1. The molecule has 4 aromatic rings. The zero-order valence-electron chi connectivity index (χ0n) is 58.5. The van der Waals surface area contributed by atoms with Crippen LogP contribution in [0.2, 0.25) is 0 Å². The van der Waals surface area contributed by atoms with Crippen LogP contribution in [0.25, 0.3) is 21.5 Å². The predicted octanol–water partition coefficient (Wildman–Crippen LogP) is 1.39. The highest BCUT2D eigenvalue weighted by molar-refractivity contribution is 8.76. The summed E-state index contributed by atoms with van der Waals surface area (Å²) in [5.41, 5.74) is 21.3. The lowest BCUT2D eigenvalue weighted by Crippen LogP contribution is -2.60. The van der Waals surface area contributed by atoms with Crippen molar-refractivity contribution in [2.75, 3.05) is 62.3 Å². The third-order valence-electron chi connectivity index (χ3n) is 18.6. The summed E-state index contributed by atoms with van der Waals surface area (Å²) in [5, 5.41) is 63.9. The summed E-state index contributed by atoms with van der Waals surface area (Å²) in [7, 11) is 1.96. The smallest absolute Gasteiger partial charge is 0.326 e. The molecular weight excluding hydrogens is 1380 g/mol. The molecule has 4 heterocycles. The monoisotopic (exact) mass is 1470 g/mol. The molecule has 31 heteroatoms. The summed E-state index contributed by atoms with van der Waals surface area (Å²) in [6.07, 6.45) is 12.9. The highest BCUT2D eigenvalue weighted by atomic mass is 33.1. The van der Waals surface area contributed by atoms with E-state index in [2.05, 4.69) is 82.0 Å². The first kappa shape index (κ1) is 79.6. The van der Waals surface area contributed by atoms with Gasteiger partial charge in [0, 0.05) is 84.5 Å². The molecule has 0 radical (unpaired) electrons. The summed E-state index contributed by atoms with van der Waals surface area (Å²) in [4.78, 5) is 157. The normalized spacial score (nSPS) is 22.0. The van der Waals surface area contributed by atoms with Gasteiger partial charge in [0.2, 0.25) is 52.9 Å². The first-order valence-corrected chi connectivity index (χ1v) is 37.0. The van der Waals surface area contributed by atoms with Crippen molar-refractivity contribution in [2.45, 2.75) is 145 Å². The minimum atomic E-state index is -1.92. The maximum Gasteiger partial charge on any atom is 0.326 e. The lowest BCUT2D eigenvalue weighted by Gasteiger charge is -2.30. The van der Waals surface area contributed by atoms with Gasteiger partial charge in [-0.15, -0.1) is 0 Å². The maximum atomic E-state index is 14.6. The standard InChI is InChI=1S/C73H92N14O15S2/c1-72(2)56(25-8-6-5-7-9-26-57-73(3,4)63-46-21-13-11-19-44(46)28-30-54(63)86(57)37-32-60(91)92)85(53-29-27-43-18-10-12-20-45(43)62(53)72)36-31-58(89)80-51-41-103-104-42-52(67(98)81-48(70(101)102)22-14-15-33-74)84-68(99)55-24-17-35-87(55)69(100)50(40-88)83-66(97)49(38-61(93)94)82-65(96)47(23-16-34-77-71(75)76)79-59(90)39-78-64(51)95/h5-13,18-21,25-30,47-52,55,88H,14-17,22-24,31-42,74H2,1-4H3,(H13-,75,76,77,78,79,80,81,82,83,84,89,90,91,92,93,94,95,96,97,98,99,101,102). The molecule has 0 aromatic heterocycles. The molecule has 556 valence electrons. The number of hydrogen-bond donors (Lipinski definition) is 13. The fourth-order valence-corrected chi connectivity index (χ4v) is 15.9. The van der Waals surface area contributed by atoms with Gasteiger partial charge in [-0.2, -0.15) is 4.58 Å². The second kappa shape index (κ2) is 36.9. The van der Waals surface area contributed by atoms with E-state index in [-0.39, 0.29) is 95.1 Å². The molecule has 29 nitrogen and oxygen atoms in total. The number of anilines is 1. The van der Waals surface area contributed by atoms with Crippen LogP contribution in [0.15, 0.2) is 126 Å². The number of fused-ring (bicyclic) bond motifs is 7. The van der Waals surface area contributed by atoms with E-state index in [0.29, 0.717) is 12.8 Å². The number of aliphatic hydroxyl groups excluding tert-OH is 1. The van der Waals surface area contributed by atoms with E-state index in [1.54, 1.807) is 0 Å². The lowest BCUT2D eigenvalue weighted by atomic mass is 9.79. The number of guanidine groups is 1. The molecule has 0 saturated carbocycles. The Morgan fingerprint density at radius 1 is 0.760 bits per heavy atom. The van der Waals surface area contributed by atoms with E-state index in [0.717, 1.165) is 81.9 Å². The van der Waals surface area contributed by atoms with Gasteiger partial charge >= 0.3 is 11.9 Å². The van der Waals surface area contributed by atoms with Gasteiger partial charge in [-0.3, -0.25) is 48.1 Å². The number of carbonyl (C=O) groups is 11. The molecule has 104 heavy (non-hydrogen) atoms. The molecule has 4 aromatic carbocycles. The van der Waals surface area contributed by atoms with Crippen LogP contribution in [-0.2, 0) is 63.6 Å². The fraction of sp³-hybridized carbons (Fsp3) is 0.438. The second-order valence-corrected chi connectivity index (χ2v) is 29.2. The highest BCUT2D eigenvalue weighted by Gasteiger charge is 2.46. The van der Waals surface area contributed by atoms with Gasteiger partial charge in [0.15, 0.2) is 18.2 Å². The second-order valence-electron chi connectivity index (χ2n) is 26.7. The number of amides is 8. The Morgan fingerprint density at radius 2 is 1.42 bits per heavy atom. The van der Waals surface area contributed by atoms with E-state index < -0.39 is 138 Å².